The number of unbranched alkanes of at least 4 members (excludes halogenated alkanes) is 1. The van der Waals surface area contributed by atoms with Crippen LogP contribution in [-0.2, 0) is 25.7 Å². The van der Waals surface area contributed by atoms with Gasteiger partial charge in [0, 0.05) is 37.8 Å². The van der Waals surface area contributed by atoms with Crippen LogP contribution in [0.3, 0.4) is 0 Å². The molecule has 4 amide bonds. The Morgan fingerprint density at radius 2 is 1.77 bits per heavy atom. The maximum atomic E-state index is 14.0. The van der Waals surface area contributed by atoms with E-state index in [9.17, 15) is 19.2 Å². The third-order valence-electron chi connectivity index (χ3n) is 13.2. The van der Waals surface area contributed by atoms with E-state index in [0.717, 1.165) is 58.3 Å². The van der Waals surface area contributed by atoms with Gasteiger partial charge in [0.05, 0.1) is 41.1 Å². The molecule has 18 nitrogen and oxygen atoms in total. The van der Waals surface area contributed by atoms with Crippen LogP contribution in [-0.4, -0.2) is 110 Å². The number of nitrogens with one attached hydrogen (secondary N) is 4. The topological polar surface area (TPSA) is 211 Å². The Kier molecular flexibility index (Phi) is 15.5. The van der Waals surface area contributed by atoms with Crippen molar-refractivity contribution in [2.24, 2.45) is 5.41 Å². The molecule has 3 aromatic heterocycles. The molecule has 2 aliphatic heterocycles. The molecule has 1 saturated heterocycles. The van der Waals surface area contributed by atoms with Crippen LogP contribution in [0.25, 0.3) is 16.1 Å². The lowest BCUT2D eigenvalue weighted by atomic mass is 9.85. The highest BCUT2D eigenvalue weighted by molar-refractivity contribution is 7.13. The number of thiazole rings is 1. The van der Waals surface area contributed by atoms with E-state index in [2.05, 4.69) is 53.3 Å². The van der Waals surface area contributed by atoms with Gasteiger partial charge in [0.15, 0.2) is 11.6 Å². The molecular formula is C50H64N12O6S. The Morgan fingerprint density at radius 3 is 2.49 bits per heavy atom. The highest BCUT2D eigenvalue weighted by Gasteiger charge is 2.42. The average Bonchev–Trinajstić information content (AvgIpc) is 4.21. The standard InChI is InChI=1S/C50H64N12O6S/c1-7-37-45-59-55-29-61(45)39-27-53-49(58-44(39)62(37)35-13-8-9-14-35)56-36-21-20-34(25-40(36)67-6)46(64)51-22-10-11-24-68-28-41(63)57-43(50(3,4)5)48(66)60-23-12-15-38(60)47(65)52-26-32-16-18-33(19-17-32)42-31(2)54-30-69-42/h16-21,25,27,29-30,35,37-38,43H,7-15,22-24,26,28H2,1-6H3,(H,51,64)(H,52,65)(H,57,63)(H,53,56,58)/t37-,38+,43-/m1/s1. The van der Waals surface area contributed by atoms with Crippen molar-refractivity contribution in [3.8, 4) is 21.9 Å². The van der Waals surface area contributed by atoms with Gasteiger partial charge < -0.3 is 40.5 Å². The zero-order valence-corrected chi connectivity index (χ0v) is 41.2. The first-order valence-corrected chi connectivity index (χ1v) is 25.0. The second-order valence-electron chi connectivity index (χ2n) is 19.0. The Labute approximate surface area is 407 Å². The SMILES string of the molecule is CC[C@@H]1c2nncn2-c2cnc(Nc3ccc(C(=O)NCCCCOCC(=O)N[C@H](C(=O)N4CCC[C@H]4C(=O)NCc4ccc(-c5scnc5C)cc4)C(C)(C)C)cc3OC)nc2N1C1CCCC1. The molecule has 5 aromatic rings. The summed E-state index contributed by atoms with van der Waals surface area (Å²) in [5.41, 5.74) is 6.13. The zero-order chi connectivity index (χ0) is 48.7. The molecule has 0 spiro atoms. The summed E-state index contributed by atoms with van der Waals surface area (Å²) in [6.07, 6.45) is 11.4. The largest absolute Gasteiger partial charge is 0.495 e. The fraction of sp³-hybridized carbons (Fsp3) is 0.500. The normalized spacial score (nSPS) is 17.2. The smallest absolute Gasteiger partial charge is 0.251 e. The minimum atomic E-state index is -0.855. The number of fused-ring (bicyclic) bond motifs is 3. The first-order chi connectivity index (χ1) is 33.3. The third kappa shape index (κ3) is 11.2. The minimum absolute atomic E-state index is 0.0570. The lowest BCUT2D eigenvalue weighted by Crippen LogP contribution is -2.58. The van der Waals surface area contributed by atoms with E-state index in [4.69, 9.17) is 14.5 Å². The van der Waals surface area contributed by atoms with Crippen LogP contribution < -0.4 is 30.9 Å². The number of aromatic nitrogens is 6. The van der Waals surface area contributed by atoms with E-state index in [-0.39, 0.29) is 37.0 Å². The van der Waals surface area contributed by atoms with Gasteiger partial charge in [0.2, 0.25) is 23.7 Å². The molecule has 1 saturated carbocycles. The second kappa shape index (κ2) is 21.9. The number of methoxy groups -OCH3 is 1. The van der Waals surface area contributed by atoms with E-state index in [0.29, 0.717) is 74.3 Å². The zero-order valence-electron chi connectivity index (χ0n) is 40.4. The Bertz CT molecular complexity index is 2600. The number of anilines is 3. The summed E-state index contributed by atoms with van der Waals surface area (Å²) >= 11 is 1.59. The van der Waals surface area contributed by atoms with Crippen LogP contribution in [0.4, 0.5) is 17.5 Å². The van der Waals surface area contributed by atoms with Crippen molar-refractivity contribution < 1.29 is 28.7 Å². The quantitative estimate of drug-likeness (QED) is 0.0627. The minimum Gasteiger partial charge on any atom is -0.495 e. The summed E-state index contributed by atoms with van der Waals surface area (Å²) in [4.78, 5) is 72.9. The number of benzene rings is 2. The summed E-state index contributed by atoms with van der Waals surface area (Å²) < 4.78 is 13.4. The van der Waals surface area contributed by atoms with Crippen molar-refractivity contribution in [2.75, 3.05) is 43.6 Å². The van der Waals surface area contributed by atoms with Gasteiger partial charge in [-0.1, -0.05) is 64.8 Å². The summed E-state index contributed by atoms with van der Waals surface area (Å²) in [5.74, 6) is 1.45. The monoisotopic (exact) mass is 960 g/mol. The molecule has 8 rings (SSSR count). The maximum Gasteiger partial charge on any atom is 0.251 e. The predicted octanol–water partition coefficient (Wildman–Crippen LogP) is 6.82. The van der Waals surface area contributed by atoms with E-state index in [1.807, 2.05) is 62.0 Å². The lowest BCUT2D eigenvalue weighted by molar-refractivity contribution is -0.144. The number of hydrogen-bond acceptors (Lipinski definition) is 14. The molecule has 3 atom stereocenters. The van der Waals surface area contributed by atoms with Gasteiger partial charge in [-0.2, -0.15) is 4.98 Å². The summed E-state index contributed by atoms with van der Waals surface area (Å²) in [7, 11) is 1.55. The number of ether oxygens (including phenoxy) is 2. The van der Waals surface area contributed by atoms with Crippen LogP contribution in [0.5, 0.6) is 5.75 Å². The van der Waals surface area contributed by atoms with Gasteiger partial charge in [-0.15, -0.1) is 21.5 Å². The van der Waals surface area contributed by atoms with E-state index >= 15 is 0 Å². The number of likely N-dealkylation sites (tertiary alicyclic amines) is 1. The van der Waals surface area contributed by atoms with Crippen molar-refractivity contribution in [1.82, 2.24) is 50.6 Å². The number of aryl methyl sites for hydroxylation is 1. The highest BCUT2D eigenvalue weighted by Crippen LogP contribution is 2.43. The maximum absolute atomic E-state index is 14.0. The molecule has 3 aliphatic rings. The third-order valence-corrected chi connectivity index (χ3v) is 14.2. The molecule has 1 aliphatic carbocycles. The van der Waals surface area contributed by atoms with E-state index in [1.54, 1.807) is 54.1 Å². The van der Waals surface area contributed by atoms with Crippen LogP contribution >= 0.6 is 11.3 Å². The predicted molar refractivity (Wildman–Crippen MR) is 264 cm³/mol. The van der Waals surface area contributed by atoms with Crippen LogP contribution in [0.2, 0.25) is 0 Å². The van der Waals surface area contributed by atoms with Crippen molar-refractivity contribution in [3.63, 3.8) is 0 Å². The molecule has 4 N–H and O–H groups in total. The Balaban J connectivity index is 0.770. The second-order valence-corrected chi connectivity index (χ2v) is 19.9. The molecule has 2 aromatic carbocycles. The van der Waals surface area contributed by atoms with E-state index < -0.39 is 23.4 Å². The summed E-state index contributed by atoms with van der Waals surface area (Å²) in [6.45, 7) is 11.0. The number of carbonyl (C=O) groups excluding carboxylic acids is 4. The molecule has 0 bridgehead atoms. The van der Waals surface area contributed by atoms with Crippen LogP contribution in [0.1, 0.15) is 119 Å². The molecule has 19 heteroatoms. The van der Waals surface area contributed by atoms with Gasteiger partial charge in [0.25, 0.3) is 5.91 Å². The van der Waals surface area contributed by atoms with Gasteiger partial charge in [-0.25, -0.2) is 9.97 Å². The summed E-state index contributed by atoms with van der Waals surface area (Å²) in [6, 6.07) is 12.2. The molecule has 366 valence electrons. The van der Waals surface area contributed by atoms with Crippen molar-refractivity contribution in [2.45, 2.75) is 123 Å². The Morgan fingerprint density at radius 1 is 0.971 bits per heavy atom. The number of nitrogens with zero attached hydrogens (tertiary/aromatic N) is 8. The molecule has 0 unspecified atom stereocenters. The van der Waals surface area contributed by atoms with Crippen molar-refractivity contribution in [1.29, 1.82) is 0 Å². The number of amides is 4. The average molecular weight is 961 g/mol. The van der Waals surface area contributed by atoms with Crippen molar-refractivity contribution in [3.05, 3.63) is 83.1 Å². The van der Waals surface area contributed by atoms with Gasteiger partial charge >= 0.3 is 0 Å². The summed E-state index contributed by atoms with van der Waals surface area (Å²) in [5, 5.41) is 20.9. The molecule has 69 heavy (non-hydrogen) atoms. The first-order valence-electron chi connectivity index (χ1n) is 24.1. The van der Waals surface area contributed by atoms with Gasteiger partial charge in [-0.05, 0) is 86.6 Å². The van der Waals surface area contributed by atoms with Crippen LogP contribution in [0, 0.1) is 12.3 Å². The van der Waals surface area contributed by atoms with Gasteiger partial charge in [0.1, 0.15) is 36.5 Å². The molecular weight excluding hydrogens is 897 g/mol. The number of hydrogen-bond donors (Lipinski definition) is 4. The number of carbonyl (C=O) groups is 4. The van der Waals surface area contributed by atoms with Gasteiger partial charge in [-0.3, -0.25) is 23.7 Å². The van der Waals surface area contributed by atoms with E-state index in [1.165, 1.54) is 12.8 Å². The van der Waals surface area contributed by atoms with Crippen molar-refractivity contribution >= 4 is 52.4 Å². The molecule has 5 heterocycles. The highest BCUT2D eigenvalue weighted by atomic mass is 32.1. The fourth-order valence-corrected chi connectivity index (χ4v) is 10.4. The lowest BCUT2D eigenvalue weighted by Gasteiger charge is -2.40. The molecule has 0 radical (unpaired) electrons. The fourth-order valence-electron chi connectivity index (χ4n) is 9.54. The Hall–Kier alpha value is -6.47. The number of rotatable bonds is 19. The van der Waals surface area contributed by atoms with Crippen LogP contribution in [0.15, 0.2) is 60.5 Å². The molecule has 2 fully saturated rings. The first kappa shape index (κ1) is 49.0.